The van der Waals surface area contributed by atoms with Gasteiger partial charge in [-0.05, 0) is 25.0 Å². The molecule has 3 rings (SSSR count). The van der Waals surface area contributed by atoms with E-state index >= 15 is 0 Å². The van der Waals surface area contributed by atoms with E-state index < -0.39 is 0 Å². The molecule has 1 amide bonds. The number of piperidine rings is 1. The van der Waals surface area contributed by atoms with Gasteiger partial charge in [0.05, 0.1) is 22.8 Å². The zero-order valence-electron chi connectivity index (χ0n) is 9.49. The van der Waals surface area contributed by atoms with Crippen LogP contribution in [0.1, 0.15) is 23.2 Å². The van der Waals surface area contributed by atoms with E-state index in [0.29, 0.717) is 10.6 Å². The molecule has 2 saturated heterocycles. The second-order valence-electron chi connectivity index (χ2n) is 4.74. The number of hydrogen-bond acceptors (Lipinski definition) is 2. The third-order valence-corrected chi connectivity index (χ3v) is 3.95. The fourth-order valence-electron chi connectivity index (χ4n) is 2.31. The first-order chi connectivity index (χ1) is 8.20. The molecule has 0 bridgehead atoms. The van der Waals surface area contributed by atoms with Crippen molar-refractivity contribution in [3.05, 3.63) is 34.9 Å². The second kappa shape index (κ2) is 4.00. The molecule has 2 fully saturated rings. The lowest BCUT2D eigenvalue weighted by Gasteiger charge is -2.30. The van der Waals surface area contributed by atoms with Gasteiger partial charge < -0.3 is 9.64 Å². The number of halogens is 1. The Balaban J connectivity index is 1.72. The standard InChI is InChI=1S/C13H14ClNO2/c14-11-4-2-1-3-10(11)12(16)15-7-5-13(6-8-15)9-17-13/h1-4H,5-9H2. The molecule has 17 heavy (non-hydrogen) atoms. The summed E-state index contributed by atoms with van der Waals surface area (Å²) in [5.74, 6) is 0.0334. The van der Waals surface area contributed by atoms with Crippen LogP contribution in [0, 0.1) is 0 Å². The highest BCUT2D eigenvalue weighted by Gasteiger charge is 2.47. The van der Waals surface area contributed by atoms with Gasteiger partial charge in [-0.1, -0.05) is 23.7 Å². The van der Waals surface area contributed by atoms with Gasteiger partial charge in [0.2, 0.25) is 0 Å². The predicted octanol–water partition coefficient (Wildman–Crippen LogP) is 2.35. The van der Waals surface area contributed by atoms with Gasteiger partial charge in [0.25, 0.3) is 5.91 Å². The Morgan fingerprint density at radius 3 is 2.53 bits per heavy atom. The van der Waals surface area contributed by atoms with Crippen molar-refractivity contribution in [2.75, 3.05) is 19.7 Å². The van der Waals surface area contributed by atoms with Gasteiger partial charge in [0.15, 0.2) is 0 Å². The third kappa shape index (κ3) is 2.05. The lowest BCUT2D eigenvalue weighted by atomic mass is 9.97. The molecule has 0 atom stereocenters. The van der Waals surface area contributed by atoms with E-state index in [1.165, 1.54) is 0 Å². The molecule has 1 aromatic rings. The van der Waals surface area contributed by atoms with Crippen molar-refractivity contribution in [3.63, 3.8) is 0 Å². The lowest BCUT2D eigenvalue weighted by Crippen LogP contribution is -2.41. The molecule has 1 aromatic carbocycles. The SMILES string of the molecule is O=C(c1ccccc1Cl)N1CCC2(CC1)CO2. The quantitative estimate of drug-likeness (QED) is 0.718. The molecule has 3 nitrogen and oxygen atoms in total. The molecule has 2 aliphatic rings. The predicted molar refractivity (Wildman–Crippen MR) is 65.3 cm³/mol. The van der Waals surface area contributed by atoms with Crippen LogP contribution in [0.15, 0.2) is 24.3 Å². The summed E-state index contributed by atoms with van der Waals surface area (Å²) >= 11 is 6.03. The van der Waals surface area contributed by atoms with Crippen LogP contribution in [-0.2, 0) is 4.74 Å². The van der Waals surface area contributed by atoms with Crippen LogP contribution >= 0.6 is 11.6 Å². The number of benzene rings is 1. The maximum absolute atomic E-state index is 12.3. The molecule has 2 aliphatic heterocycles. The zero-order chi connectivity index (χ0) is 11.9. The minimum Gasteiger partial charge on any atom is -0.369 e. The molecule has 4 heteroatoms. The number of carbonyl (C=O) groups excluding carboxylic acids is 1. The van der Waals surface area contributed by atoms with E-state index in [9.17, 15) is 4.79 Å². The number of epoxide rings is 1. The van der Waals surface area contributed by atoms with E-state index in [4.69, 9.17) is 16.3 Å². The van der Waals surface area contributed by atoms with Gasteiger partial charge in [0.1, 0.15) is 0 Å². The topological polar surface area (TPSA) is 32.8 Å². The number of nitrogens with zero attached hydrogens (tertiary/aromatic N) is 1. The lowest BCUT2D eigenvalue weighted by molar-refractivity contribution is 0.0663. The molecule has 0 unspecified atom stereocenters. The van der Waals surface area contributed by atoms with Crippen LogP contribution in [0.4, 0.5) is 0 Å². The van der Waals surface area contributed by atoms with Crippen LogP contribution in [0.2, 0.25) is 5.02 Å². The molecular formula is C13H14ClNO2. The third-order valence-electron chi connectivity index (χ3n) is 3.62. The molecule has 0 radical (unpaired) electrons. The van der Waals surface area contributed by atoms with Crippen molar-refractivity contribution in [1.82, 2.24) is 4.90 Å². The summed E-state index contributed by atoms with van der Waals surface area (Å²) in [4.78, 5) is 14.1. The first-order valence-electron chi connectivity index (χ1n) is 5.88. The van der Waals surface area contributed by atoms with Crippen LogP contribution in [0.3, 0.4) is 0 Å². The molecule has 0 aromatic heterocycles. The number of carbonyl (C=O) groups is 1. The van der Waals surface area contributed by atoms with E-state index in [2.05, 4.69) is 0 Å². The van der Waals surface area contributed by atoms with Crippen molar-refractivity contribution in [2.45, 2.75) is 18.4 Å². The van der Waals surface area contributed by atoms with Crippen molar-refractivity contribution in [2.24, 2.45) is 0 Å². The van der Waals surface area contributed by atoms with E-state index in [-0.39, 0.29) is 11.5 Å². The smallest absolute Gasteiger partial charge is 0.255 e. The number of likely N-dealkylation sites (tertiary alicyclic amines) is 1. The van der Waals surface area contributed by atoms with Gasteiger partial charge in [-0.25, -0.2) is 0 Å². The molecule has 90 valence electrons. The Bertz CT molecular complexity index is 446. The zero-order valence-corrected chi connectivity index (χ0v) is 10.2. The minimum atomic E-state index is 0.0334. The number of rotatable bonds is 1. The number of amides is 1. The van der Waals surface area contributed by atoms with Crippen molar-refractivity contribution in [3.8, 4) is 0 Å². The van der Waals surface area contributed by atoms with E-state index in [0.717, 1.165) is 32.5 Å². The van der Waals surface area contributed by atoms with Crippen LogP contribution in [0.5, 0.6) is 0 Å². The first kappa shape index (κ1) is 11.1. The normalized spacial score (nSPS) is 21.6. The average Bonchev–Trinajstić information content (AvgIpc) is 3.10. The Labute approximate surface area is 105 Å². The van der Waals surface area contributed by atoms with Crippen molar-refractivity contribution in [1.29, 1.82) is 0 Å². The molecule has 0 saturated carbocycles. The van der Waals surface area contributed by atoms with Gasteiger partial charge in [0, 0.05) is 13.1 Å². The summed E-state index contributed by atoms with van der Waals surface area (Å²) in [6.07, 6.45) is 1.90. The molecular weight excluding hydrogens is 238 g/mol. The van der Waals surface area contributed by atoms with Crippen LogP contribution < -0.4 is 0 Å². The maximum Gasteiger partial charge on any atom is 0.255 e. The van der Waals surface area contributed by atoms with Crippen LogP contribution in [0.25, 0.3) is 0 Å². The van der Waals surface area contributed by atoms with Gasteiger partial charge in [-0.3, -0.25) is 4.79 Å². The van der Waals surface area contributed by atoms with Gasteiger partial charge in [-0.2, -0.15) is 0 Å². The van der Waals surface area contributed by atoms with Gasteiger partial charge in [-0.15, -0.1) is 0 Å². The van der Waals surface area contributed by atoms with E-state index in [1.54, 1.807) is 12.1 Å². The summed E-state index contributed by atoms with van der Waals surface area (Å²) < 4.78 is 5.43. The summed E-state index contributed by atoms with van der Waals surface area (Å²) in [7, 11) is 0. The average molecular weight is 252 g/mol. The maximum atomic E-state index is 12.3. The first-order valence-corrected chi connectivity index (χ1v) is 6.26. The Morgan fingerprint density at radius 2 is 1.94 bits per heavy atom. The Morgan fingerprint density at radius 1 is 1.29 bits per heavy atom. The minimum absolute atomic E-state index is 0.0334. The van der Waals surface area contributed by atoms with Crippen molar-refractivity contribution >= 4 is 17.5 Å². The Hall–Kier alpha value is -1.06. The fraction of sp³-hybridized carbons (Fsp3) is 0.462. The summed E-state index contributed by atoms with van der Waals surface area (Å²) in [6.45, 7) is 2.40. The fourth-order valence-corrected chi connectivity index (χ4v) is 2.53. The second-order valence-corrected chi connectivity index (χ2v) is 5.15. The Kier molecular flexibility index (Phi) is 2.60. The molecule has 0 N–H and O–H groups in total. The molecule has 2 heterocycles. The van der Waals surface area contributed by atoms with Crippen molar-refractivity contribution < 1.29 is 9.53 Å². The highest BCUT2D eigenvalue weighted by Crippen LogP contribution is 2.38. The number of ether oxygens (including phenoxy) is 1. The molecule has 1 spiro atoms. The highest BCUT2D eigenvalue weighted by molar-refractivity contribution is 6.33. The van der Waals surface area contributed by atoms with E-state index in [1.807, 2.05) is 17.0 Å². The number of hydrogen-bond donors (Lipinski definition) is 0. The summed E-state index contributed by atoms with van der Waals surface area (Å²) in [5.41, 5.74) is 0.707. The molecule has 0 aliphatic carbocycles. The summed E-state index contributed by atoms with van der Waals surface area (Å²) in [5, 5.41) is 0.528. The summed E-state index contributed by atoms with van der Waals surface area (Å²) in [6, 6.07) is 7.21. The van der Waals surface area contributed by atoms with Gasteiger partial charge >= 0.3 is 0 Å². The largest absolute Gasteiger partial charge is 0.369 e. The monoisotopic (exact) mass is 251 g/mol. The van der Waals surface area contributed by atoms with Crippen LogP contribution in [-0.4, -0.2) is 36.1 Å². The highest BCUT2D eigenvalue weighted by atomic mass is 35.5.